The topological polar surface area (TPSA) is 75.6 Å². The predicted molar refractivity (Wildman–Crippen MR) is 107 cm³/mol. The Morgan fingerprint density at radius 3 is 1.97 bits per heavy atom. The number of halogens is 2. The van der Waals surface area contributed by atoms with Gasteiger partial charge in [-0.1, -0.05) is 48.6 Å². The number of fused-ring (bicyclic) bond motifs is 3. The van der Waals surface area contributed by atoms with E-state index in [0.29, 0.717) is 11.8 Å². The van der Waals surface area contributed by atoms with Gasteiger partial charge in [-0.05, 0) is 42.4 Å². The Morgan fingerprint density at radius 1 is 0.967 bits per heavy atom. The lowest BCUT2D eigenvalue weighted by molar-refractivity contribution is -0.142. The van der Waals surface area contributed by atoms with Gasteiger partial charge in [-0.3, -0.25) is 0 Å². The number of nitrogens with one attached hydrogen (secondary N) is 1. The van der Waals surface area contributed by atoms with Gasteiger partial charge < -0.3 is 15.2 Å². The minimum atomic E-state index is -2.75. The van der Waals surface area contributed by atoms with Gasteiger partial charge in [-0.25, -0.2) is 18.4 Å². The molecule has 2 saturated carbocycles. The lowest BCUT2D eigenvalue weighted by atomic mass is 9.82. The lowest BCUT2D eigenvalue weighted by Gasteiger charge is -2.32. The van der Waals surface area contributed by atoms with Gasteiger partial charge in [0, 0.05) is 18.8 Å². The van der Waals surface area contributed by atoms with Crippen LogP contribution in [0.3, 0.4) is 0 Å². The maximum absolute atomic E-state index is 13.4. The summed E-state index contributed by atoms with van der Waals surface area (Å²) in [4.78, 5) is 24.0. The summed E-state index contributed by atoms with van der Waals surface area (Å²) in [6.45, 7) is 0.180. The standard InChI is InChI=1S/C23H27F2NO4/c24-23(25)11-9-14(10-12-23)20(21(27)28)26-22(29)30-13-19-17-7-3-1-5-15(17)16-6-2-4-8-18(16)19/h1-8,14-20H,9-13H2,(H,26,29)(H,27,28). The molecule has 0 aliphatic heterocycles. The Morgan fingerprint density at radius 2 is 1.47 bits per heavy atom. The van der Waals surface area contributed by atoms with E-state index in [9.17, 15) is 23.5 Å². The number of amides is 1. The van der Waals surface area contributed by atoms with E-state index in [1.807, 2.05) is 24.3 Å². The third-order valence-electron chi connectivity index (χ3n) is 7.06. The number of ether oxygens (including phenoxy) is 1. The van der Waals surface area contributed by atoms with Gasteiger partial charge in [0.2, 0.25) is 5.92 Å². The molecule has 2 N–H and O–H groups in total. The fourth-order valence-corrected chi connectivity index (χ4v) is 5.51. The molecule has 30 heavy (non-hydrogen) atoms. The van der Waals surface area contributed by atoms with Crippen molar-refractivity contribution in [2.24, 2.45) is 35.5 Å². The molecule has 0 aromatic rings. The highest BCUT2D eigenvalue weighted by atomic mass is 19.3. The first-order valence-electron chi connectivity index (χ1n) is 10.6. The normalized spacial score (nSPS) is 34.8. The molecule has 0 bridgehead atoms. The fourth-order valence-electron chi connectivity index (χ4n) is 5.51. The van der Waals surface area contributed by atoms with E-state index in [0.717, 1.165) is 0 Å². The second kappa shape index (κ2) is 8.36. The number of rotatable bonds is 5. The van der Waals surface area contributed by atoms with Crippen LogP contribution >= 0.6 is 0 Å². The quantitative estimate of drug-likeness (QED) is 0.695. The minimum Gasteiger partial charge on any atom is -0.480 e. The van der Waals surface area contributed by atoms with Crippen molar-refractivity contribution >= 4 is 12.1 Å². The Kier molecular flexibility index (Phi) is 5.80. The highest BCUT2D eigenvalue weighted by molar-refractivity contribution is 5.80. The molecule has 4 rings (SSSR count). The van der Waals surface area contributed by atoms with E-state index < -0.39 is 29.9 Å². The number of alkyl halides is 2. The largest absolute Gasteiger partial charge is 0.480 e. The van der Waals surface area contributed by atoms with E-state index in [-0.39, 0.29) is 50.0 Å². The summed E-state index contributed by atoms with van der Waals surface area (Å²) < 4.78 is 32.2. The van der Waals surface area contributed by atoms with Gasteiger partial charge in [-0.15, -0.1) is 0 Å². The van der Waals surface area contributed by atoms with E-state index in [2.05, 4.69) is 29.6 Å². The molecule has 0 spiro atoms. The van der Waals surface area contributed by atoms with E-state index >= 15 is 0 Å². The molecule has 2 fully saturated rings. The summed E-state index contributed by atoms with van der Waals surface area (Å²) in [6.07, 6.45) is 15.4. The van der Waals surface area contributed by atoms with Gasteiger partial charge in [0.05, 0.1) is 6.61 Å². The number of hydrogen-bond acceptors (Lipinski definition) is 3. The first kappa shape index (κ1) is 20.8. The predicted octanol–water partition coefficient (Wildman–Crippen LogP) is 4.34. The first-order chi connectivity index (χ1) is 14.4. The zero-order valence-electron chi connectivity index (χ0n) is 16.6. The second-order valence-electron chi connectivity index (χ2n) is 8.76. The number of carbonyl (C=O) groups is 2. The molecular weight excluding hydrogens is 392 g/mol. The number of aliphatic carboxylic acids is 1. The molecule has 0 radical (unpaired) electrons. The summed E-state index contributed by atoms with van der Waals surface area (Å²) >= 11 is 0. The monoisotopic (exact) mass is 419 g/mol. The van der Waals surface area contributed by atoms with Crippen LogP contribution in [0, 0.1) is 35.5 Å². The van der Waals surface area contributed by atoms with Crippen molar-refractivity contribution in [3.63, 3.8) is 0 Å². The SMILES string of the molecule is O=C(NC(C(=O)O)C1CCC(F)(F)CC1)OCC1C2C=CC=CC2C2C=CC=CC21. The van der Waals surface area contributed by atoms with E-state index in [4.69, 9.17) is 4.74 Å². The third kappa shape index (κ3) is 4.20. The van der Waals surface area contributed by atoms with Crippen molar-refractivity contribution < 1.29 is 28.2 Å². The summed E-state index contributed by atoms with van der Waals surface area (Å²) in [6, 6.07) is -1.22. The Labute approximate surface area is 174 Å². The molecule has 5 atom stereocenters. The highest BCUT2D eigenvalue weighted by Gasteiger charge is 2.47. The molecule has 7 heteroatoms. The van der Waals surface area contributed by atoms with Crippen LogP contribution in [0.2, 0.25) is 0 Å². The van der Waals surface area contributed by atoms with E-state index in [1.54, 1.807) is 0 Å². The molecule has 4 aliphatic rings. The van der Waals surface area contributed by atoms with Gasteiger partial charge >= 0.3 is 12.1 Å². The summed E-state index contributed by atoms with van der Waals surface area (Å²) in [7, 11) is 0. The zero-order chi connectivity index (χ0) is 21.3. The number of allylic oxidation sites excluding steroid dienone is 8. The van der Waals surface area contributed by atoms with Crippen molar-refractivity contribution in [2.45, 2.75) is 37.6 Å². The van der Waals surface area contributed by atoms with Gasteiger partial charge in [0.25, 0.3) is 0 Å². The Hall–Kier alpha value is -2.44. The highest BCUT2D eigenvalue weighted by Crippen LogP contribution is 2.51. The second-order valence-corrected chi connectivity index (χ2v) is 8.76. The maximum Gasteiger partial charge on any atom is 0.407 e. The van der Waals surface area contributed by atoms with Crippen molar-refractivity contribution in [2.75, 3.05) is 6.61 Å². The molecule has 1 amide bonds. The van der Waals surface area contributed by atoms with Gasteiger partial charge in [0.1, 0.15) is 6.04 Å². The molecule has 0 aromatic carbocycles. The van der Waals surface area contributed by atoms with Crippen LogP contribution in [0.25, 0.3) is 0 Å². The van der Waals surface area contributed by atoms with Crippen molar-refractivity contribution in [1.29, 1.82) is 0 Å². The van der Waals surface area contributed by atoms with Crippen LogP contribution in [0.4, 0.5) is 13.6 Å². The van der Waals surface area contributed by atoms with Crippen molar-refractivity contribution in [3.05, 3.63) is 48.6 Å². The summed E-state index contributed by atoms with van der Waals surface area (Å²) in [5.74, 6) is -3.18. The Bertz CT molecular complexity index is 759. The summed E-state index contributed by atoms with van der Waals surface area (Å²) in [5, 5.41) is 11.9. The number of hydrogen-bond donors (Lipinski definition) is 2. The molecule has 0 aromatic heterocycles. The van der Waals surface area contributed by atoms with Crippen molar-refractivity contribution in [1.82, 2.24) is 5.32 Å². The number of carboxylic acid groups (broad SMARTS) is 1. The zero-order valence-corrected chi connectivity index (χ0v) is 16.6. The maximum atomic E-state index is 13.4. The smallest absolute Gasteiger partial charge is 0.407 e. The first-order valence-corrected chi connectivity index (χ1v) is 10.6. The molecular formula is C23H27F2NO4. The van der Waals surface area contributed by atoms with E-state index in [1.165, 1.54) is 0 Å². The average Bonchev–Trinajstić information content (AvgIpc) is 3.04. The van der Waals surface area contributed by atoms with Crippen LogP contribution in [-0.4, -0.2) is 35.7 Å². The fraction of sp³-hybridized carbons (Fsp3) is 0.565. The van der Waals surface area contributed by atoms with Crippen LogP contribution in [0.5, 0.6) is 0 Å². The van der Waals surface area contributed by atoms with Crippen LogP contribution in [-0.2, 0) is 9.53 Å². The number of alkyl carbamates (subject to hydrolysis) is 1. The lowest BCUT2D eigenvalue weighted by Crippen LogP contribution is -2.48. The molecule has 4 aliphatic carbocycles. The molecule has 5 unspecified atom stereocenters. The third-order valence-corrected chi connectivity index (χ3v) is 7.06. The minimum absolute atomic E-state index is 0.0641. The van der Waals surface area contributed by atoms with Gasteiger partial charge in [-0.2, -0.15) is 0 Å². The average molecular weight is 419 g/mol. The molecule has 162 valence electrons. The number of carbonyl (C=O) groups excluding carboxylic acids is 1. The van der Waals surface area contributed by atoms with Crippen molar-refractivity contribution in [3.8, 4) is 0 Å². The molecule has 0 saturated heterocycles. The summed E-state index contributed by atoms with van der Waals surface area (Å²) in [5.41, 5.74) is 0. The number of carboxylic acids is 1. The Balaban J connectivity index is 1.36. The van der Waals surface area contributed by atoms with Crippen LogP contribution in [0.1, 0.15) is 25.7 Å². The van der Waals surface area contributed by atoms with Gasteiger partial charge in [0.15, 0.2) is 0 Å². The molecule has 5 nitrogen and oxygen atoms in total. The van der Waals surface area contributed by atoms with Crippen LogP contribution < -0.4 is 5.32 Å². The van der Waals surface area contributed by atoms with Crippen LogP contribution in [0.15, 0.2) is 48.6 Å². The molecule has 0 heterocycles.